The molecule has 0 radical (unpaired) electrons. The first-order valence-corrected chi connectivity index (χ1v) is 9.27. The largest absolute Gasteiger partial charge is 0.324 e. The summed E-state index contributed by atoms with van der Waals surface area (Å²) in [5.41, 5.74) is 1.67. The van der Waals surface area contributed by atoms with Gasteiger partial charge in [-0.3, -0.25) is 19.5 Å². The van der Waals surface area contributed by atoms with Gasteiger partial charge in [0.05, 0.1) is 12.1 Å². The zero-order chi connectivity index (χ0) is 19.7. The van der Waals surface area contributed by atoms with Gasteiger partial charge < -0.3 is 5.32 Å². The number of carbonyl (C=O) groups is 2. The molecule has 1 saturated heterocycles. The standard InChI is InChI=1S/C22H18ClN3O2/c1-15-5-11-18(12-6-15)26-20(27)14-22(26,19-4-2-3-13-24-19)21(28)25-17-9-7-16(23)8-10-17/h2-13H,14H2,1H3,(H,25,28)/t22-/m1/s1. The molecule has 28 heavy (non-hydrogen) atoms. The number of aromatic nitrogens is 1. The smallest absolute Gasteiger partial charge is 0.257 e. The lowest BCUT2D eigenvalue weighted by Crippen LogP contribution is -2.67. The molecule has 1 aliphatic rings. The van der Waals surface area contributed by atoms with Crippen LogP contribution < -0.4 is 10.2 Å². The molecule has 0 spiro atoms. The molecule has 0 saturated carbocycles. The van der Waals surface area contributed by atoms with Crippen LogP contribution in [0.25, 0.3) is 0 Å². The van der Waals surface area contributed by atoms with Gasteiger partial charge in [-0.25, -0.2) is 0 Å². The highest BCUT2D eigenvalue weighted by molar-refractivity contribution is 6.30. The normalized spacial score (nSPS) is 18.5. The molecule has 0 unspecified atom stereocenters. The Labute approximate surface area is 168 Å². The molecule has 6 heteroatoms. The molecule has 5 nitrogen and oxygen atoms in total. The third-order valence-corrected chi connectivity index (χ3v) is 5.15. The summed E-state index contributed by atoms with van der Waals surface area (Å²) in [6.45, 7) is 1.97. The highest BCUT2D eigenvalue weighted by Gasteiger charge is 2.59. The number of β-lactam (4-membered cyclic amide) rings is 1. The summed E-state index contributed by atoms with van der Waals surface area (Å²) >= 11 is 5.93. The molecule has 0 aliphatic carbocycles. The molecule has 3 aromatic rings. The number of anilines is 2. The molecule has 1 aliphatic heterocycles. The van der Waals surface area contributed by atoms with Crippen LogP contribution in [-0.4, -0.2) is 16.8 Å². The summed E-state index contributed by atoms with van der Waals surface area (Å²) in [5, 5.41) is 3.49. The Balaban J connectivity index is 1.77. The maximum atomic E-state index is 13.4. The minimum Gasteiger partial charge on any atom is -0.324 e. The van der Waals surface area contributed by atoms with Gasteiger partial charge in [0.25, 0.3) is 5.91 Å². The van der Waals surface area contributed by atoms with Crippen LogP contribution in [0.4, 0.5) is 11.4 Å². The molecule has 4 rings (SSSR count). The second-order valence-electron chi connectivity index (χ2n) is 6.78. The van der Waals surface area contributed by atoms with Gasteiger partial charge in [0.1, 0.15) is 0 Å². The topological polar surface area (TPSA) is 62.3 Å². The van der Waals surface area contributed by atoms with Crippen molar-refractivity contribution in [3.63, 3.8) is 0 Å². The van der Waals surface area contributed by atoms with Gasteiger partial charge in [-0.2, -0.15) is 0 Å². The summed E-state index contributed by atoms with van der Waals surface area (Å²) in [5.74, 6) is -0.436. The Hall–Kier alpha value is -3.18. The fourth-order valence-electron chi connectivity index (χ4n) is 3.44. The monoisotopic (exact) mass is 391 g/mol. The predicted octanol–water partition coefficient (Wildman–Crippen LogP) is 4.31. The van der Waals surface area contributed by atoms with Crippen LogP contribution >= 0.6 is 11.6 Å². The summed E-state index contributed by atoms with van der Waals surface area (Å²) in [6, 6.07) is 19.8. The van der Waals surface area contributed by atoms with Crippen molar-refractivity contribution in [2.45, 2.75) is 18.9 Å². The highest BCUT2D eigenvalue weighted by Crippen LogP contribution is 2.45. The Bertz CT molecular complexity index is 1020. The number of carbonyl (C=O) groups excluding carboxylic acids is 2. The first-order chi connectivity index (χ1) is 13.5. The number of nitrogens with zero attached hydrogens (tertiary/aromatic N) is 2. The number of nitrogens with one attached hydrogen (secondary N) is 1. The van der Waals surface area contributed by atoms with E-state index in [0.717, 1.165) is 5.56 Å². The van der Waals surface area contributed by atoms with Gasteiger partial charge in [0.15, 0.2) is 5.54 Å². The number of hydrogen-bond acceptors (Lipinski definition) is 3. The van der Waals surface area contributed by atoms with Crippen molar-refractivity contribution in [1.82, 2.24) is 4.98 Å². The van der Waals surface area contributed by atoms with E-state index in [1.54, 1.807) is 42.6 Å². The maximum absolute atomic E-state index is 13.4. The number of aryl methyl sites for hydroxylation is 1. The molecule has 1 aromatic heterocycles. The van der Waals surface area contributed by atoms with E-state index in [2.05, 4.69) is 10.3 Å². The van der Waals surface area contributed by atoms with Crippen LogP contribution in [-0.2, 0) is 15.1 Å². The maximum Gasteiger partial charge on any atom is 0.257 e. The van der Waals surface area contributed by atoms with Crippen LogP contribution in [0.2, 0.25) is 5.02 Å². The zero-order valence-electron chi connectivity index (χ0n) is 15.2. The second-order valence-corrected chi connectivity index (χ2v) is 7.21. The van der Waals surface area contributed by atoms with E-state index in [9.17, 15) is 9.59 Å². The molecule has 140 valence electrons. The molecular formula is C22H18ClN3O2. The Morgan fingerprint density at radius 2 is 1.79 bits per heavy atom. The highest BCUT2D eigenvalue weighted by atomic mass is 35.5. The number of pyridine rings is 1. The van der Waals surface area contributed by atoms with E-state index < -0.39 is 5.54 Å². The van der Waals surface area contributed by atoms with Crippen LogP contribution in [0.15, 0.2) is 72.9 Å². The van der Waals surface area contributed by atoms with Gasteiger partial charge in [-0.1, -0.05) is 35.4 Å². The number of halogens is 1. The summed E-state index contributed by atoms with van der Waals surface area (Å²) < 4.78 is 0. The van der Waals surface area contributed by atoms with E-state index in [-0.39, 0.29) is 18.2 Å². The number of hydrogen-bond donors (Lipinski definition) is 1. The quantitative estimate of drug-likeness (QED) is 0.674. The molecule has 2 amide bonds. The van der Waals surface area contributed by atoms with Crippen LogP contribution in [0, 0.1) is 6.92 Å². The molecule has 1 fully saturated rings. The predicted molar refractivity (Wildman–Crippen MR) is 109 cm³/mol. The van der Waals surface area contributed by atoms with E-state index >= 15 is 0 Å². The van der Waals surface area contributed by atoms with Crippen molar-refractivity contribution in [2.24, 2.45) is 0 Å². The minimum absolute atomic E-state index is 0.0529. The minimum atomic E-state index is -1.20. The van der Waals surface area contributed by atoms with E-state index in [1.165, 1.54) is 4.90 Å². The second kappa shape index (κ2) is 7.09. The van der Waals surface area contributed by atoms with Crippen molar-refractivity contribution in [3.05, 3.63) is 89.2 Å². The fourth-order valence-corrected chi connectivity index (χ4v) is 3.56. The van der Waals surface area contributed by atoms with E-state index in [4.69, 9.17) is 11.6 Å². The molecule has 1 N–H and O–H groups in total. The van der Waals surface area contributed by atoms with Crippen LogP contribution in [0.3, 0.4) is 0 Å². The van der Waals surface area contributed by atoms with Gasteiger partial charge >= 0.3 is 0 Å². The van der Waals surface area contributed by atoms with Crippen LogP contribution in [0.1, 0.15) is 17.7 Å². The SMILES string of the molecule is Cc1ccc(N2C(=O)C[C@]2(C(=O)Nc2ccc(Cl)cc2)c2ccccn2)cc1. The number of benzene rings is 2. The number of amides is 2. The van der Waals surface area contributed by atoms with Crippen molar-refractivity contribution in [1.29, 1.82) is 0 Å². The van der Waals surface area contributed by atoms with Gasteiger partial charge in [-0.15, -0.1) is 0 Å². The first-order valence-electron chi connectivity index (χ1n) is 8.89. The lowest BCUT2D eigenvalue weighted by Gasteiger charge is -2.49. The van der Waals surface area contributed by atoms with Gasteiger partial charge in [0.2, 0.25) is 5.91 Å². The Morgan fingerprint density at radius 1 is 1.07 bits per heavy atom. The lowest BCUT2D eigenvalue weighted by molar-refractivity contribution is -0.137. The van der Waals surface area contributed by atoms with Crippen molar-refractivity contribution < 1.29 is 9.59 Å². The summed E-state index contributed by atoms with van der Waals surface area (Å²) in [7, 11) is 0. The third-order valence-electron chi connectivity index (χ3n) is 4.90. The molecule has 2 heterocycles. The molecule has 0 bridgehead atoms. The van der Waals surface area contributed by atoms with Crippen molar-refractivity contribution in [2.75, 3.05) is 10.2 Å². The summed E-state index contributed by atoms with van der Waals surface area (Å²) in [6.07, 6.45) is 1.68. The molecular weight excluding hydrogens is 374 g/mol. The van der Waals surface area contributed by atoms with Gasteiger partial charge in [0, 0.05) is 22.6 Å². The third kappa shape index (κ3) is 3.04. The average molecular weight is 392 g/mol. The van der Waals surface area contributed by atoms with Crippen LogP contribution in [0.5, 0.6) is 0 Å². The summed E-state index contributed by atoms with van der Waals surface area (Å²) in [4.78, 5) is 32.0. The zero-order valence-corrected chi connectivity index (χ0v) is 16.0. The Morgan fingerprint density at radius 3 is 2.39 bits per heavy atom. The average Bonchev–Trinajstić information content (AvgIpc) is 2.70. The van der Waals surface area contributed by atoms with Crippen molar-refractivity contribution >= 4 is 34.8 Å². The lowest BCUT2D eigenvalue weighted by atomic mass is 9.78. The number of rotatable bonds is 4. The van der Waals surface area contributed by atoms with E-state index in [1.807, 2.05) is 37.3 Å². The van der Waals surface area contributed by atoms with E-state index in [0.29, 0.717) is 22.1 Å². The molecule has 1 atom stereocenters. The molecule has 2 aromatic carbocycles. The Kier molecular flexibility index (Phi) is 4.61. The van der Waals surface area contributed by atoms with Crippen molar-refractivity contribution in [3.8, 4) is 0 Å². The fraction of sp³-hybridized carbons (Fsp3) is 0.136. The first kappa shape index (κ1) is 18.2. The van der Waals surface area contributed by atoms with Gasteiger partial charge in [-0.05, 0) is 55.5 Å².